The van der Waals surface area contributed by atoms with Crippen molar-refractivity contribution >= 4 is 11.3 Å². The van der Waals surface area contributed by atoms with Crippen LogP contribution < -0.4 is 5.32 Å². The zero-order chi connectivity index (χ0) is 13.0. The van der Waals surface area contributed by atoms with E-state index in [1.165, 1.54) is 17.5 Å². The second kappa shape index (κ2) is 5.97. The molecule has 96 valence electrons. The lowest BCUT2D eigenvalue weighted by molar-refractivity contribution is 0.144. The van der Waals surface area contributed by atoms with Crippen LogP contribution in [-0.2, 0) is 6.54 Å². The van der Waals surface area contributed by atoms with Crippen molar-refractivity contribution in [2.45, 2.75) is 19.9 Å². The van der Waals surface area contributed by atoms with Crippen LogP contribution in [0.15, 0.2) is 23.0 Å². The Bertz CT molecular complexity index is 500. The monoisotopic (exact) mass is 269 g/mol. The highest BCUT2D eigenvalue weighted by Crippen LogP contribution is 2.24. The molecule has 0 saturated heterocycles. The largest absolute Gasteiger partial charge is 0.313 e. The first kappa shape index (κ1) is 13.0. The molecule has 0 atom stereocenters. The minimum Gasteiger partial charge on any atom is -0.313 e. The standard InChI is InChI=1S/C12H13F2N3S/c1-2-15-5-9-6-16-12(8-3-4-18-7-8)17-10(9)11(13)14/h3-4,6-7,11,15H,2,5H2,1H3. The lowest BCUT2D eigenvalue weighted by Gasteiger charge is -2.09. The third-order valence-corrected chi connectivity index (χ3v) is 3.13. The molecule has 0 unspecified atom stereocenters. The van der Waals surface area contributed by atoms with Gasteiger partial charge in [-0.25, -0.2) is 18.7 Å². The van der Waals surface area contributed by atoms with E-state index in [0.717, 1.165) is 12.1 Å². The Morgan fingerprint density at radius 3 is 2.89 bits per heavy atom. The van der Waals surface area contributed by atoms with E-state index < -0.39 is 6.43 Å². The van der Waals surface area contributed by atoms with E-state index in [0.29, 0.717) is 17.9 Å². The van der Waals surface area contributed by atoms with Gasteiger partial charge in [-0.1, -0.05) is 6.92 Å². The molecule has 0 aliphatic carbocycles. The third-order valence-electron chi connectivity index (χ3n) is 2.45. The van der Waals surface area contributed by atoms with Crippen molar-refractivity contribution < 1.29 is 8.78 Å². The summed E-state index contributed by atoms with van der Waals surface area (Å²) in [7, 11) is 0. The average Bonchev–Trinajstić information content (AvgIpc) is 2.90. The maximum atomic E-state index is 13.0. The second-order valence-corrected chi connectivity index (χ2v) is 4.48. The topological polar surface area (TPSA) is 37.8 Å². The molecule has 0 radical (unpaired) electrons. The van der Waals surface area contributed by atoms with Gasteiger partial charge in [-0.05, 0) is 18.0 Å². The number of thiophene rings is 1. The van der Waals surface area contributed by atoms with Crippen LogP contribution >= 0.6 is 11.3 Å². The Morgan fingerprint density at radius 2 is 2.28 bits per heavy atom. The summed E-state index contributed by atoms with van der Waals surface area (Å²) in [6, 6.07) is 1.82. The minimum atomic E-state index is -2.58. The quantitative estimate of drug-likeness (QED) is 0.905. The van der Waals surface area contributed by atoms with E-state index in [9.17, 15) is 8.78 Å². The second-order valence-electron chi connectivity index (χ2n) is 3.70. The molecular weight excluding hydrogens is 256 g/mol. The number of halogens is 2. The van der Waals surface area contributed by atoms with Crippen molar-refractivity contribution in [3.8, 4) is 11.4 Å². The molecule has 0 bridgehead atoms. The molecule has 2 aromatic heterocycles. The van der Waals surface area contributed by atoms with Crippen LogP contribution in [0, 0.1) is 0 Å². The highest BCUT2D eigenvalue weighted by molar-refractivity contribution is 7.08. The SMILES string of the molecule is CCNCc1cnc(-c2ccsc2)nc1C(F)F. The van der Waals surface area contributed by atoms with Crippen molar-refractivity contribution in [1.29, 1.82) is 0 Å². The molecule has 0 saturated carbocycles. The van der Waals surface area contributed by atoms with Crippen molar-refractivity contribution in [3.63, 3.8) is 0 Å². The van der Waals surface area contributed by atoms with Crippen LogP contribution in [0.5, 0.6) is 0 Å². The normalized spacial score (nSPS) is 11.1. The summed E-state index contributed by atoms with van der Waals surface area (Å²) in [5, 5.41) is 6.71. The first-order chi connectivity index (χ1) is 8.72. The van der Waals surface area contributed by atoms with Gasteiger partial charge >= 0.3 is 0 Å². The Morgan fingerprint density at radius 1 is 1.44 bits per heavy atom. The van der Waals surface area contributed by atoms with E-state index in [1.54, 1.807) is 0 Å². The van der Waals surface area contributed by atoms with Gasteiger partial charge in [-0.3, -0.25) is 0 Å². The number of nitrogens with zero attached hydrogens (tertiary/aromatic N) is 2. The molecule has 0 fully saturated rings. The molecule has 0 spiro atoms. The van der Waals surface area contributed by atoms with Gasteiger partial charge in [0.15, 0.2) is 5.82 Å². The highest BCUT2D eigenvalue weighted by atomic mass is 32.1. The molecule has 2 aromatic rings. The molecule has 0 aromatic carbocycles. The van der Waals surface area contributed by atoms with Crippen LogP contribution in [-0.4, -0.2) is 16.5 Å². The third kappa shape index (κ3) is 2.88. The average molecular weight is 269 g/mol. The molecule has 0 aliphatic heterocycles. The Kier molecular flexibility index (Phi) is 4.33. The van der Waals surface area contributed by atoms with Gasteiger partial charge in [0, 0.05) is 29.2 Å². The molecule has 6 heteroatoms. The maximum absolute atomic E-state index is 13.0. The van der Waals surface area contributed by atoms with Gasteiger partial charge in [0.1, 0.15) is 5.69 Å². The highest BCUT2D eigenvalue weighted by Gasteiger charge is 2.17. The number of hydrogen-bond donors (Lipinski definition) is 1. The number of aromatic nitrogens is 2. The van der Waals surface area contributed by atoms with Gasteiger partial charge in [-0.2, -0.15) is 11.3 Å². The Balaban J connectivity index is 2.34. The van der Waals surface area contributed by atoms with Gasteiger partial charge in [0.05, 0.1) is 0 Å². The van der Waals surface area contributed by atoms with Crippen LogP contribution in [0.2, 0.25) is 0 Å². The van der Waals surface area contributed by atoms with E-state index >= 15 is 0 Å². The van der Waals surface area contributed by atoms with Gasteiger partial charge in [-0.15, -0.1) is 0 Å². The minimum absolute atomic E-state index is 0.188. The van der Waals surface area contributed by atoms with Crippen LogP contribution in [0.1, 0.15) is 24.6 Å². The first-order valence-corrected chi connectivity index (χ1v) is 6.54. The summed E-state index contributed by atoms with van der Waals surface area (Å²) >= 11 is 1.49. The van der Waals surface area contributed by atoms with Gasteiger partial charge < -0.3 is 5.32 Å². The molecule has 1 N–H and O–H groups in total. The first-order valence-electron chi connectivity index (χ1n) is 5.59. The number of nitrogens with one attached hydrogen (secondary N) is 1. The van der Waals surface area contributed by atoms with E-state index in [2.05, 4.69) is 15.3 Å². The summed E-state index contributed by atoms with van der Waals surface area (Å²) in [5.41, 5.74) is 1.04. The molecule has 3 nitrogen and oxygen atoms in total. The fraction of sp³-hybridized carbons (Fsp3) is 0.333. The lowest BCUT2D eigenvalue weighted by atomic mass is 10.2. The Hall–Kier alpha value is -1.40. The number of alkyl halides is 2. The maximum Gasteiger partial charge on any atom is 0.280 e. The van der Waals surface area contributed by atoms with E-state index in [1.807, 2.05) is 23.8 Å². The predicted molar refractivity (Wildman–Crippen MR) is 67.7 cm³/mol. The summed E-state index contributed by atoms with van der Waals surface area (Å²) in [5.74, 6) is 0.354. The number of hydrogen-bond acceptors (Lipinski definition) is 4. The van der Waals surface area contributed by atoms with Gasteiger partial charge in [0.2, 0.25) is 0 Å². The zero-order valence-electron chi connectivity index (χ0n) is 9.86. The van der Waals surface area contributed by atoms with Crippen LogP contribution in [0.3, 0.4) is 0 Å². The summed E-state index contributed by atoms with van der Waals surface area (Å²) in [6.45, 7) is 3.00. The van der Waals surface area contributed by atoms with Crippen molar-refractivity contribution in [2.24, 2.45) is 0 Å². The van der Waals surface area contributed by atoms with Crippen molar-refractivity contribution in [3.05, 3.63) is 34.3 Å². The number of rotatable bonds is 5. The van der Waals surface area contributed by atoms with Gasteiger partial charge in [0.25, 0.3) is 6.43 Å². The Labute approximate surface area is 108 Å². The molecule has 2 heterocycles. The summed E-state index contributed by atoms with van der Waals surface area (Å²) in [4.78, 5) is 8.11. The molecule has 2 rings (SSSR count). The van der Waals surface area contributed by atoms with E-state index in [4.69, 9.17) is 0 Å². The molecule has 0 amide bonds. The van der Waals surface area contributed by atoms with E-state index in [-0.39, 0.29) is 5.69 Å². The fourth-order valence-corrected chi connectivity index (χ4v) is 2.17. The van der Waals surface area contributed by atoms with Crippen molar-refractivity contribution in [2.75, 3.05) is 6.54 Å². The zero-order valence-corrected chi connectivity index (χ0v) is 10.7. The van der Waals surface area contributed by atoms with Crippen molar-refractivity contribution in [1.82, 2.24) is 15.3 Å². The lowest BCUT2D eigenvalue weighted by Crippen LogP contribution is -2.15. The van der Waals surface area contributed by atoms with Crippen LogP contribution in [0.25, 0.3) is 11.4 Å². The fourth-order valence-electron chi connectivity index (χ4n) is 1.54. The summed E-state index contributed by atoms with van der Waals surface area (Å²) < 4.78 is 25.9. The molecular formula is C12H13F2N3S. The smallest absolute Gasteiger partial charge is 0.280 e. The molecule has 0 aliphatic rings. The predicted octanol–water partition coefficient (Wildman–Crippen LogP) is 3.25. The molecule has 18 heavy (non-hydrogen) atoms. The summed E-state index contributed by atoms with van der Waals surface area (Å²) in [6.07, 6.45) is -1.11. The van der Waals surface area contributed by atoms with Crippen LogP contribution in [0.4, 0.5) is 8.78 Å².